The average molecular weight is 470 g/mol. The van der Waals surface area contributed by atoms with Gasteiger partial charge in [-0.25, -0.2) is 4.79 Å². The fourth-order valence-corrected chi connectivity index (χ4v) is 3.81. The molecule has 3 amide bonds. The molecule has 0 aromatic heterocycles. The van der Waals surface area contributed by atoms with Crippen LogP contribution in [0.15, 0.2) is 36.4 Å². The van der Waals surface area contributed by atoms with Gasteiger partial charge in [-0.1, -0.05) is 12.2 Å². The van der Waals surface area contributed by atoms with E-state index in [0.29, 0.717) is 6.54 Å². The average Bonchev–Trinajstić information content (AvgIpc) is 3.28. The molecule has 182 valence electrons. The topological polar surface area (TPSA) is 103 Å². The number of nitrogens with one attached hydrogen (secondary N) is 3. The number of amides is 3. The number of carbonyl (C=O) groups is 2. The van der Waals surface area contributed by atoms with Gasteiger partial charge < -0.3 is 30.7 Å². The first-order valence-corrected chi connectivity index (χ1v) is 10.9. The number of aliphatic hydroxyl groups excluding tert-OH is 1. The second-order valence-corrected chi connectivity index (χ2v) is 8.08. The molecule has 0 unspecified atom stereocenters. The Labute approximate surface area is 190 Å². The Morgan fingerprint density at radius 2 is 1.82 bits per heavy atom. The highest BCUT2D eigenvalue weighted by atomic mass is 19.4. The van der Waals surface area contributed by atoms with E-state index >= 15 is 0 Å². The van der Waals surface area contributed by atoms with Crippen LogP contribution in [0.4, 0.5) is 23.7 Å². The second kappa shape index (κ2) is 11.5. The molecule has 1 aromatic rings. The van der Waals surface area contributed by atoms with Crippen molar-refractivity contribution in [3.63, 3.8) is 0 Å². The molecule has 11 heteroatoms. The van der Waals surface area contributed by atoms with Crippen molar-refractivity contribution in [2.75, 3.05) is 38.1 Å². The molecule has 2 heterocycles. The van der Waals surface area contributed by atoms with E-state index in [2.05, 4.69) is 20.9 Å². The first kappa shape index (κ1) is 25.0. The third-order valence-corrected chi connectivity index (χ3v) is 5.57. The van der Waals surface area contributed by atoms with Crippen molar-refractivity contribution in [1.29, 1.82) is 0 Å². The minimum atomic E-state index is -4.46. The van der Waals surface area contributed by atoms with Crippen molar-refractivity contribution in [2.24, 2.45) is 0 Å². The van der Waals surface area contributed by atoms with Crippen molar-refractivity contribution in [3.05, 3.63) is 42.0 Å². The largest absolute Gasteiger partial charge is 0.416 e. The Morgan fingerprint density at radius 1 is 1.12 bits per heavy atom. The zero-order chi connectivity index (χ0) is 23.8. The fourth-order valence-electron chi connectivity index (χ4n) is 3.81. The van der Waals surface area contributed by atoms with Gasteiger partial charge in [0.2, 0.25) is 5.91 Å². The number of urea groups is 1. The molecule has 33 heavy (non-hydrogen) atoms. The summed E-state index contributed by atoms with van der Waals surface area (Å²) in [6.07, 6.45) is -0.00343. The predicted molar refractivity (Wildman–Crippen MR) is 116 cm³/mol. The number of anilines is 1. The van der Waals surface area contributed by atoms with E-state index in [9.17, 15) is 27.9 Å². The molecular weight excluding hydrogens is 441 g/mol. The van der Waals surface area contributed by atoms with Gasteiger partial charge in [-0.2, -0.15) is 13.2 Å². The molecule has 1 saturated heterocycles. The molecule has 0 bridgehead atoms. The van der Waals surface area contributed by atoms with Crippen molar-refractivity contribution >= 4 is 17.6 Å². The van der Waals surface area contributed by atoms with Gasteiger partial charge in [0.25, 0.3) is 0 Å². The number of aliphatic hydroxyl groups is 1. The third-order valence-electron chi connectivity index (χ3n) is 5.57. The van der Waals surface area contributed by atoms with E-state index in [1.807, 2.05) is 0 Å². The van der Waals surface area contributed by atoms with Gasteiger partial charge in [0, 0.05) is 18.8 Å². The van der Waals surface area contributed by atoms with Crippen LogP contribution in [0.5, 0.6) is 0 Å². The van der Waals surface area contributed by atoms with Gasteiger partial charge >= 0.3 is 12.2 Å². The van der Waals surface area contributed by atoms with Gasteiger partial charge in [0.1, 0.15) is 6.10 Å². The number of likely N-dealkylation sites (tertiary alicyclic amines) is 1. The molecule has 1 fully saturated rings. The zero-order valence-corrected chi connectivity index (χ0v) is 18.1. The summed E-state index contributed by atoms with van der Waals surface area (Å²) in [4.78, 5) is 26.7. The van der Waals surface area contributed by atoms with Crippen LogP contribution in [0, 0.1) is 0 Å². The van der Waals surface area contributed by atoms with Crippen LogP contribution in [-0.4, -0.2) is 73.0 Å². The molecule has 0 radical (unpaired) electrons. The van der Waals surface area contributed by atoms with E-state index < -0.39 is 36.0 Å². The maximum atomic E-state index is 12.6. The fraction of sp³-hybridized carbons (Fsp3) is 0.545. The van der Waals surface area contributed by atoms with E-state index in [4.69, 9.17) is 4.74 Å². The summed E-state index contributed by atoms with van der Waals surface area (Å²) < 4.78 is 43.6. The number of alkyl halides is 3. The lowest BCUT2D eigenvalue weighted by Crippen LogP contribution is -2.50. The summed E-state index contributed by atoms with van der Waals surface area (Å²) in [7, 11) is 0. The summed E-state index contributed by atoms with van der Waals surface area (Å²) in [5, 5.41) is 17.6. The predicted octanol–water partition coefficient (Wildman–Crippen LogP) is 2.11. The quantitative estimate of drug-likeness (QED) is 0.436. The van der Waals surface area contributed by atoms with Gasteiger partial charge in [-0.05, 0) is 50.2 Å². The highest BCUT2D eigenvalue weighted by molar-refractivity contribution is 5.89. The van der Waals surface area contributed by atoms with Crippen molar-refractivity contribution < 1.29 is 32.6 Å². The molecular formula is C22H29F3N4O4. The van der Waals surface area contributed by atoms with Crippen molar-refractivity contribution in [3.8, 4) is 0 Å². The van der Waals surface area contributed by atoms with Gasteiger partial charge in [0.15, 0.2) is 0 Å². The van der Waals surface area contributed by atoms with Crippen LogP contribution in [0.25, 0.3) is 0 Å². The molecule has 3 atom stereocenters. The Hall–Kier alpha value is -2.63. The lowest BCUT2D eigenvalue weighted by molar-refractivity contribution is -0.137. The van der Waals surface area contributed by atoms with Crippen molar-refractivity contribution in [2.45, 2.75) is 43.7 Å². The van der Waals surface area contributed by atoms with Crippen LogP contribution >= 0.6 is 0 Å². The van der Waals surface area contributed by atoms with Crippen LogP contribution < -0.4 is 16.0 Å². The van der Waals surface area contributed by atoms with E-state index in [1.54, 1.807) is 12.2 Å². The zero-order valence-electron chi connectivity index (χ0n) is 18.1. The lowest BCUT2D eigenvalue weighted by atomic mass is 10.0. The summed E-state index contributed by atoms with van der Waals surface area (Å²) in [5.41, 5.74) is -0.631. The molecule has 1 aromatic carbocycles. The van der Waals surface area contributed by atoms with E-state index in [1.165, 1.54) is 12.8 Å². The van der Waals surface area contributed by atoms with Gasteiger partial charge in [0.05, 0.1) is 30.7 Å². The van der Waals surface area contributed by atoms with Crippen molar-refractivity contribution in [1.82, 2.24) is 15.5 Å². The maximum absolute atomic E-state index is 12.6. The SMILES string of the molecule is O=C(C[C@H]1C=C[C@H](NC(=O)Nc2ccc(C(F)(F)F)cc2)[C@H](CO)O1)NCCN1CCCC1. The summed E-state index contributed by atoms with van der Waals surface area (Å²) in [6, 6.07) is 2.71. The van der Waals surface area contributed by atoms with Crippen LogP contribution in [0.2, 0.25) is 0 Å². The smallest absolute Gasteiger partial charge is 0.394 e. The highest BCUT2D eigenvalue weighted by Gasteiger charge is 2.31. The minimum absolute atomic E-state index is 0.0947. The molecule has 8 nitrogen and oxygen atoms in total. The summed E-state index contributed by atoms with van der Waals surface area (Å²) in [5.74, 6) is -0.160. The number of hydrogen-bond acceptors (Lipinski definition) is 5. The van der Waals surface area contributed by atoms with Crippen LogP contribution in [-0.2, 0) is 15.7 Å². The normalized spacial score (nSPS) is 23.3. The van der Waals surface area contributed by atoms with Crippen LogP contribution in [0.1, 0.15) is 24.8 Å². The first-order chi connectivity index (χ1) is 15.7. The number of rotatable bonds is 8. The summed E-state index contributed by atoms with van der Waals surface area (Å²) in [6.45, 7) is 3.11. The molecule has 3 rings (SSSR count). The highest BCUT2D eigenvalue weighted by Crippen LogP contribution is 2.29. The van der Waals surface area contributed by atoms with E-state index in [0.717, 1.165) is 43.9 Å². The maximum Gasteiger partial charge on any atom is 0.416 e. The van der Waals surface area contributed by atoms with E-state index in [-0.39, 0.29) is 24.6 Å². The Balaban J connectivity index is 1.44. The Morgan fingerprint density at radius 3 is 2.45 bits per heavy atom. The number of hydrogen-bond donors (Lipinski definition) is 4. The van der Waals surface area contributed by atoms with Crippen LogP contribution in [0.3, 0.4) is 0 Å². The number of nitrogens with zero attached hydrogens (tertiary/aromatic N) is 1. The summed E-state index contributed by atoms with van der Waals surface area (Å²) >= 11 is 0. The molecule has 0 saturated carbocycles. The third kappa shape index (κ3) is 7.72. The monoisotopic (exact) mass is 470 g/mol. The minimum Gasteiger partial charge on any atom is -0.394 e. The number of halogens is 3. The first-order valence-electron chi connectivity index (χ1n) is 10.9. The van der Waals surface area contributed by atoms with Gasteiger partial charge in [-0.15, -0.1) is 0 Å². The second-order valence-electron chi connectivity index (χ2n) is 8.08. The standard InChI is InChI=1S/C22H29F3N4O4/c23-22(24,25)15-3-5-16(6-4-15)27-21(32)28-18-8-7-17(33-19(18)14-30)13-20(31)26-9-12-29-10-1-2-11-29/h3-8,17-19,30H,1-2,9-14H2,(H,26,31)(H2,27,28,32)/t17-,18+,19+/m1/s1. The lowest BCUT2D eigenvalue weighted by Gasteiger charge is -2.31. The Bertz CT molecular complexity index is 826. The van der Waals surface area contributed by atoms with Gasteiger partial charge in [-0.3, -0.25) is 4.79 Å². The number of ether oxygens (including phenoxy) is 1. The molecule has 2 aliphatic heterocycles. The molecule has 2 aliphatic rings. The molecule has 4 N–H and O–H groups in total. The number of benzene rings is 1. The number of carbonyl (C=O) groups excluding carboxylic acids is 2. The Kier molecular flexibility index (Phi) is 8.70. The molecule has 0 aliphatic carbocycles. The molecule has 0 spiro atoms.